The monoisotopic (exact) mass is 297 g/mol. The first-order valence-corrected chi connectivity index (χ1v) is 6.38. The lowest BCUT2D eigenvalue weighted by Crippen LogP contribution is -2.30. The van der Waals surface area contributed by atoms with Crippen molar-refractivity contribution < 1.29 is 19.6 Å². The predicted octanol–water partition coefficient (Wildman–Crippen LogP) is 0.134. The Bertz CT molecular complexity index is 507. The van der Waals surface area contributed by atoms with Crippen LogP contribution < -0.4 is 5.73 Å². The number of rotatable bonds is 9. The van der Waals surface area contributed by atoms with Gasteiger partial charge in [-0.3, -0.25) is 19.8 Å². The molecule has 0 atom stereocenters. The third-order valence-corrected chi connectivity index (χ3v) is 2.99. The average Bonchev–Trinajstić information content (AvgIpc) is 2.44. The number of hydrogen-bond acceptors (Lipinski definition) is 6. The van der Waals surface area contributed by atoms with Crippen LogP contribution in [-0.2, 0) is 11.3 Å². The minimum absolute atomic E-state index is 0.0586. The molecular formula is C13H19N3O5. The van der Waals surface area contributed by atoms with Crippen molar-refractivity contribution in [2.45, 2.75) is 6.54 Å². The molecule has 21 heavy (non-hydrogen) atoms. The highest BCUT2D eigenvalue weighted by Gasteiger charge is 2.18. The minimum atomic E-state index is -0.712. The summed E-state index contributed by atoms with van der Waals surface area (Å²) in [6.45, 7) is 1.58. The third-order valence-electron chi connectivity index (χ3n) is 2.99. The predicted molar refractivity (Wildman–Crippen MR) is 75.9 cm³/mol. The van der Waals surface area contributed by atoms with Gasteiger partial charge in [0.15, 0.2) is 0 Å². The molecule has 8 heteroatoms. The van der Waals surface area contributed by atoms with Crippen LogP contribution in [0.4, 0.5) is 5.69 Å². The SMILES string of the molecule is COCCN(CCO)Cc1ccc(C(N)=O)cc1[N+](=O)[O-]. The van der Waals surface area contributed by atoms with Crippen molar-refractivity contribution in [1.29, 1.82) is 0 Å². The second kappa shape index (κ2) is 8.30. The molecule has 0 unspecified atom stereocenters. The zero-order chi connectivity index (χ0) is 15.8. The van der Waals surface area contributed by atoms with Gasteiger partial charge in [0.25, 0.3) is 5.69 Å². The van der Waals surface area contributed by atoms with E-state index in [0.29, 0.717) is 25.3 Å². The maximum Gasteiger partial charge on any atom is 0.274 e. The summed E-state index contributed by atoms with van der Waals surface area (Å²) < 4.78 is 4.97. The molecule has 1 aromatic carbocycles. The number of aliphatic hydroxyl groups is 1. The summed E-state index contributed by atoms with van der Waals surface area (Å²) in [7, 11) is 1.56. The Kier molecular flexibility index (Phi) is 6.73. The molecule has 0 heterocycles. The third kappa shape index (κ3) is 5.10. The fraction of sp³-hybridized carbons (Fsp3) is 0.462. The molecule has 0 radical (unpaired) electrons. The van der Waals surface area contributed by atoms with Crippen LogP contribution in [0.5, 0.6) is 0 Å². The number of aliphatic hydroxyl groups excluding tert-OH is 1. The fourth-order valence-electron chi connectivity index (χ4n) is 1.89. The van der Waals surface area contributed by atoms with Crippen molar-refractivity contribution in [2.75, 3.05) is 33.4 Å². The molecule has 0 saturated heterocycles. The largest absolute Gasteiger partial charge is 0.395 e. The van der Waals surface area contributed by atoms with Gasteiger partial charge in [0, 0.05) is 43.9 Å². The first-order chi connectivity index (χ1) is 9.99. The summed E-state index contributed by atoms with van der Waals surface area (Å²) in [6, 6.07) is 4.14. The van der Waals surface area contributed by atoms with E-state index >= 15 is 0 Å². The number of hydrogen-bond donors (Lipinski definition) is 2. The Balaban J connectivity index is 2.99. The molecule has 1 aromatic rings. The Hall–Kier alpha value is -2.03. The van der Waals surface area contributed by atoms with E-state index < -0.39 is 10.8 Å². The average molecular weight is 297 g/mol. The first-order valence-electron chi connectivity index (χ1n) is 6.38. The zero-order valence-electron chi connectivity index (χ0n) is 11.8. The number of methoxy groups -OCH3 is 1. The molecule has 0 fully saturated rings. The summed E-state index contributed by atoms with van der Waals surface area (Å²) >= 11 is 0. The standard InChI is InChI=1S/C13H19N3O5/c1-21-7-5-15(4-6-17)9-11-3-2-10(13(14)18)8-12(11)16(19)20/h2-3,8,17H,4-7,9H2,1H3,(H2,14,18). The quantitative estimate of drug-likeness (QED) is 0.494. The van der Waals surface area contributed by atoms with Gasteiger partial charge in [0.2, 0.25) is 5.91 Å². The number of nitrogens with two attached hydrogens (primary N) is 1. The topological polar surface area (TPSA) is 119 Å². The normalized spacial score (nSPS) is 10.8. The molecule has 0 aromatic heterocycles. The highest BCUT2D eigenvalue weighted by Crippen LogP contribution is 2.22. The maximum absolute atomic E-state index is 11.1. The van der Waals surface area contributed by atoms with Crippen LogP contribution in [0.15, 0.2) is 18.2 Å². The van der Waals surface area contributed by atoms with Crippen molar-refractivity contribution in [3.05, 3.63) is 39.4 Å². The van der Waals surface area contributed by atoms with Crippen molar-refractivity contribution in [3.63, 3.8) is 0 Å². The number of nitro benzene ring substituents is 1. The summed E-state index contributed by atoms with van der Waals surface area (Å²) in [5.74, 6) is -0.712. The zero-order valence-corrected chi connectivity index (χ0v) is 11.8. The highest BCUT2D eigenvalue weighted by atomic mass is 16.6. The molecule has 0 saturated carbocycles. The lowest BCUT2D eigenvalue weighted by Gasteiger charge is -2.20. The first kappa shape index (κ1) is 17.0. The molecule has 0 aliphatic rings. The minimum Gasteiger partial charge on any atom is -0.395 e. The Morgan fingerprint density at radius 3 is 2.71 bits per heavy atom. The van der Waals surface area contributed by atoms with Crippen LogP contribution in [0, 0.1) is 10.1 Å². The van der Waals surface area contributed by atoms with Crippen molar-refractivity contribution >= 4 is 11.6 Å². The van der Waals surface area contributed by atoms with Gasteiger partial charge in [-0.1, -0.05) is 6.07 Å². The van der Waals surface area contributed by atoms with Gasteiger partial charge in [-0.15, -0.1) is 0 Å². The van der Waals surface area contributed by atoms with Crippen LogP contribution in [0.25, 0.3) is 0 Å². The van der Waals surface area contributed by atoms with E-state index in [1.807, 2.05) is 4.90 Å². The van der Waals surface area contributed by atoms with Gasteiger partial charge in [0.05, 0.1) is 18.1 Å². The summed E-state index contributed by atoms with van der Waals surface area (Å²) in [4.78, 5) is 23.5. The van der Waals surface area contributed by atoms with E-state index in [1.54, 1.807) is 7.11 Å². The molecular weight excluding hydrogens is 278 g/mol. The summed E-state index contributed by atoms with van der Waals surface area (Å²) in [5.41, 5.74) is 5.51. The molecule has 3 N–H and O–H groups in total. The molecule has 0 aliphatic heterocycles. The number of carbonyl (C=O) groups excluding carboxylic acids is 1. The van der Waals surface area contributed by atoms with Gasteiger partial charge < -0.3 is 15.6 Å². The van der Waals surface area contributed by atoms with Crippen LogP contribution >= 0.6 is 0 Å². The number of nitro groups is 1. The van der Waals surface area contributed by atoms with Gasteiger partial charge in [-0.05, 0) is 6.07 Å². The molecule has 0 spiro atoms. The molecule has 1 amide bonds. The molecule has 0 aliphatic carbocycles. The fourth-order valence-corrected chi connectivity index (χ4v) is 1.89. The van der Waals surface area contributed by atoms with E-state index in [2.05, 4.69) is 0 Å². The number of amides is 1. The van der Waals surface area contributed by atoms with Crippen LogP contribution in [0.1, 0.15) is 15.9 Å². The van der Waals surface area contributed by atoms with Crippen LogP contribution in [0.2, 0.25) is 0 Å². The van der Waals surface area contributed by atoms with Crippen molar-refractivity contribution in [2.24, 2.45) is 5.73 Å². The lowest BCUT2D eigenvalue weighted by molar-refractivity contribution is -0.385. The van der Waals surface area contributed by atoms with Crippen LogP contribution in [0.3, 0.4) is 0 Å². The number of primary amides is 1. The van der Waals surface area contributed by atoms with E-state index in [9.17, 15) is 14.9 Å². The Labute approximate surface area is 122 Å². The Morgan fingerprint density at radius 1 is 1.48 bits per heavy atom. The highest BCUT2D eigenvalue weighted by molar-refractivity contribution is 5.93. The Morgan fingerprint density at radius 2 is 2.19 bits per heavy atom. The number of nitrogens with zero attached hydrogens (tertiary/aromatic N) is 2. The van der Waals surface area contributed by atoms with Gasteiger partial charge in [-0.25, -0.2) is 0 Å². The number of carbonyl (C=O) groups is 1. The van der Waals surface area contributed by atoms with Gasteiger partial charge in [-0.2, -0.15) is 0 Å². The van der Waals surface area contributed by atoms with Crippen molar-refractivity contribution in [1.82, 2.24) is 4.90 Å². The molecule has 1 rings (SSSR count). The number of benzene rings is 1. The van der Waals surface area contributed by atoms with E-state index in [1.165, 1.54) is 18.2 Å². The molecule has 116 valence electrons. The van der Waals surface area contributed by atoms with Gasteiger partial charge >= 0.3 is 0 Å². The second-order valence-electron chi connectivity index (χ2n) is 4.46. The van der Waals surface area contributed by atoms with E-state index in [0.717, 1.165) is 0 Å². The summed E-state index contributed by atoms with van der Waals surface area (Å²) in [5, 5.41) is 20.1. The van der Waals surface area contributed by atoms with E-state index in [4.69, 9.17) is 15.6 Å². The lowest BCUT2D eigenvalue weighted by atomic mass is 10.1. The molecule has 8 nitrogen and oxygen atoms in total. The van der Waals surface area contributed by atoms with Crippen molar-refractivity contribution in [3.8, 4) is 0 Å². The smallest absolute Gasteiger partial charge is 0.274 e. The van der Waals surface area contributed by atoms with Crippen LogP contribution in [-0.4, -0.2) is 54.3 Å². The second-order valence-corrected chi connectivity index (χ2v) is 4.46. The molecule has 0 bridgehead atoms. The maximum atomic E-state index is 11.1. The van der Waals surface area contributed by atoms with Gasteiger partial charge in [0.1, 0.15) is 0 Å². The number of ether oxygens (including phenoxy) is 1. The summed E-state index contributed by atoms with van der Waals surface area (Å²) in [6.07, 6.45) is 0. The van der Waals surface area contributed by atoms with E-state index in [-0.39, 0.29) is 24.4 Å².